The molecule has 0 fully saturated rings. The highest BCUT2D eigenvalue weighted by molar-refractivity contribution is 5.97. The van der Waals surface area contributed by atoms with Crippen molar-refractivity contribution in [1.29, 1.82) is 0 Å². The van der Waals surface area contributed by atoms with Gasteiger partial charge in [-0.25, -0.2) is 9.78 Å². The third kappa shape index (κ3) is 6.40. The van der Waals surface area contributed by atoms with Gasteiger partial charge in [0.1, 0.15) is 11.4 Å². The van der Waals surface area contributed by atoms with Crippen LogP contribution in [0.1, 0.15) is 42.3 Å². The van der Waals surface area contributed by atoms with Crippen molar-refractivity contribution in [3.05, 3.63) is 59.3 Å². The summed E-state index contributed by atoms with van der Waals surface area (Å²) in [6.07, 6.45) is -3.96. The zero-order valence-corrected chi connectivity index (χ0v) is 15.1. The summed E-state index contributed by atoms with van der Waals surface area (Å²) in [6, 6.07) is 7.27. The molecule has 8 heteroatoms. The van der Waals surface area contributed by atoms with Crippen LogP contribution in [0.15, 0.2) is 42.6 Å². The minimum absolute atomic E-state index is 0.0386. The Bertz CT molecular complexity index is 843. The summed E-state index contributed by atoms with van der Waals surface area (Å²) >= 11 is 0. The predicted molar refractivity (Wildman–Crippen MR) is 93.6 cm³/mol. The molecule has 5 nitrogen and oxygen atoms in total. The second-order valence-corrected chi connectivity index (χ2v) is 6.85. The van der Waals surface area contributed by atoms with Gasteiger partial charge in [-0.2, -0.15) is 13.2 Å². The first kappa shape index (κ1) is 20.4. The number of pyridine rings is 1. The molecule has 0 aliphatic heterocycles. The van der Waals surface area contributed by atoms with Gasteiger partial charge in [-0.05, 0) is 50.6 Å². The highest BCUT2D eigenvalue weighted by atomic mass is 19.4. The van der Waals surface area contributed by atoms with E-state index in [1.54, 1.807) is 26.8 Å². The van der Waals surface area contributed by atoms with Crippen LogP contribution in [0.2, 0.25) is 0 Å². The van der Waals surface area contributed by atoms with Crippen molar-refractivity contribution in [2.45, 2.75) is 39.0 Å². The van der Waals surface area contributed by atoms with E-state index in [0.29, 0.717) is 5.56 Å². The highest BCUT2D eigenvalue weighted by Crippen LogP contribution is 2.29. The van der Waals surface area contributed by atoms with E-state index in [2.05, 4.69) is 10.3 Å². The van der Waals surface area contributed by atoms with Gasteiger partial charge in [0.15, 0.2) is 5.78 Å². The van der Waals surface area contributed by atoms with Crippen LogP contribution < -0.4 is 5.32 Å². The molecule has 27 heavy (non-hydrogen) atoms. The molecule has 0 aliphatic carbocycles. The lowest BCUT2D eigenvalue weighted by molar-refractivity contribution is -0.137. The number of nitrogens with zero attached hydrogens (tertiary/aromatic N) is 1. The Labute approximate surface area is 154 Å². The third-order valence-electron chi connectivity index (χ3n) is 3.33. The standard InChI is InChI=1S/C19H19F3N2O3/c1-18(2,3)27-17(26)24-16-10-12(7-8-23-16)9-15(25)13-5-4-6-14(11-13)19(20,21)22/h4-8,10-11H,9H2,1-3H3,(H,23,24,26). The number of anilines is 1. The number of hydrogen-bond acceptors (Lipinski definition) is 4. The number of amides is 1. The summed E-state index contributed by atoms with van der Waals surface area (Å²) in [6.45, 7) is 5.14. The number of halogens is 3. The molecule has 2 aromatic rings. The first-order valence-electron chi connectivity index (χ1n) is 8.09. The molecule has 0 radical (unpaired) electrons. The van der Waals surface area contributed by atoms with Crippen molar-refractivity contribution in [3.8, 4) is 0 Å². The van der Waals surface area contributed by atoms with Gasteiger partial charge in [-0.1, -0.05) is 12.1 Å². The van der Waals surface area contributed by atoms with E-state index in [4.69, 9.17) is 4.74 Å². The summed E-state index contributed by atoms with van der Waals surface area (Å²) in [7, 11) is 0. The molecule has 0 aliphatic rings. The van der Waals surface area contributed by atoms with E-state index < -0.39 is 29.2 Å². The molecule has 0 unspecified atom stereocenters. The average molecular weight is 380 g/mol. The quantitative estimate of drug-likeness (QED) is 0.768. The number of nitrogens with one attached hydrogen (secondary N) is 1. The normalized spacial score (nSPS) is 11.8. The monoisotopic (exact) mass is 380 g/mol. The van der Waals surface area contributed by atoms with Crippen LogP contribution >= 0.6 is 0 Å². The van der Waals surface area contributed by atoms with Crippen molar-refractivity contribution in [2.24, 2.45) is 0 Å². The minimum Gasteiger partial charge on any atom is -0.444 e. The van der Waals surface area contributed by atoms with Crippen molar-refractivity contribution in [1.82, 2.24) is 4.98 Å². The molecule has 1 N–H and O–H groups in total. The zero-order valence-electron chi connectivity index (χ0n) is 15.1. The molecule has 0 spiro atoms. The maximum atomic E-state index is 12.8. The molecule has 0 atom stereocenters. The third-order valence-corrected chi connectivity index (χ3v) is 3.33. The number of Topliss-reactive ketones (excluding diaryl/α,β-unsaturated/α-hetero) is 1. The van der Waals surface area contributed by atoms with Gasteiger partial charge in [-0.3, -0.25) is 10.1 Å². The van der Waals surface area contributed by atoms with Crippen molar-refractivity contribution >= 4 is 17.7 Å². The number of benzene rings is 1. The largest absolute Gasteiger partial charge is 0.444 e. The number of aromatic nitrogens is 1. The van der Waals surface area contributed by atoms with Crippen molar-refractivity contribution in [3.63, 3.8) is 0 Å². The Morgan fingerprint density at radius 3 is 2.44 bits per heavy atom. The molecule has 144 valence electrons. The molecule has 1 aromatic carbocycles. The van der Waals surface area contributed by atoms with Gasteiger partial charge in [0.2, 0.25) is 0 Å². The van der Waals surface area contributed by atoms with Gasteiger partial charge in [0.05, 0.1) is 5.56 Å². The minimum atomic E-state index is -4.52. The second-order valence-electron chi connectivity index (χ2n) is 6.85. The second kappa shape index (κ2) is 7.77. The summed E-state index contributed by atoms with van der Waals surface area (Å²) < 4.78 is 43.4. The number of carbonyl (C=O) groups is 2. The Hall–Kier alpha value is -2.90. The lowest BCUT2D eigenvalue weighted by Gasteiger charge is -2.19. The van der Waals surface area contributed by atoms with Crippen molar-refractivity contribution < 1.29 is 27.5 Å². The van der Waals surface area contributed by atoms with Gasteiger partial charge >= 0.3 is 12.3 Å². The predicted octanol–water partition coefficient (Wildman–Crippen LogP) is 4.87. The van der Waals surface area contributed by atoms with E-state index in [1.807, 2.05) is 0 Å². The SMILES string of the molecule is CC(C)(C)OC(=O)Nc1cc(CC(=O)c2cccc(C(F)(F)F)c2)ccn1. The van der Waals surface area contributed by atoms with Crippen LogP contribution in [0.25, 0.3) is 0 Å². The van der Waals surface area contributed by atoms with E-state index >= 15 is 0 Å². The number of hydrogen-bond donors (Lipinski definition) is 1. The number of rotatable bonds is 4. The molecule has 2 rings (SSSR count). The topological polar surface area (TPSA) is 68.3 Å². The first-order chi connectivity index (χ1) is 12.4. The van der Waals surface area contributed by atoms with E-state index in [0.717, 1.165) is 12.1 Å². The molecular weight excluding hydrogens is 361 g/mol. The molecule has 1 aromatic heterocycles. The van der Waals surface area contributed by atoms with Gasteiger partial charge in [-0.15, -0.1) is 0 Å². The molecule has 1 heterocycles. The molecule has 0 saturated heterocycles. The fourth-order valence-electron chi connectivity index (χ4n) is 2.22. The fraction of sp³-hybridized carbons (Fsp3) is 0.316. The fourth-order valence-corrected chi connectivity index (χ4v) is 2.22. The summed E-state index contributed by atoms with van der Waals surface area (Å²) in [5.41, 5.74) is -1.10. The lowest BCUT2D eigenvalue weighted by atomic mass is 10.0. The average Bonchev–Trinajstić information content (AvgIpc) is 2.52. The number of ketones is 1. The lowest BCUT2D eigenvalue weighted by Crippen LogP contribution is -2.27. The van der Waals surface area contributed by atoms with E-state index in [-0.39, 0.29) is 17.8 Å². The first-order valence-corrected chi connectivity index (χ1v) is 8.09. The molecular formula is C19H19F3N2O3. The van der Waals surface area contributed by atoms with Crippen LogP contribution in [0.5, 0.6) is 0 Å². The highest BCUT2D eigenvalue weighted by Gasteiger charge is 2.30. The number of ether oxygens (including phenoxy) is 1. The number of carbonyl (C=O) groups excluding carboxylic acids is 2. The smallest absolute Gasteiger partial charge is 0.416 e. The molecule has 1 amide bonds. The zero-order chi connectivity index (χ0) is 20.2. The Morgan fingerprint density at radius 1 is 1.11 bits per heavy atom. The van der Waals surface area contributed by atoms with Crippen molar-refractivity contribution in [2.75, 3.05) is 5.32 Å². The van der Waals surface area contributed by atoms with Gasteiger partial charge in [0.25, 0.3) is 0 Å². The van der Waals surface area contributed by atoms with Gasteiger partial charge < -0.3 is 4.74 Å². The van der Waals surface area contributed by atoms with Crippen LogP contribution in [0, 0.1) is 0 Å². The maximum Gasteiger partial charge on any atom is 0.416 e. The van der Waals surface area contributed by atoms with Crippen LogP contribution in [-0.2, 0) is 17.3 Å². The summed E-state index contributed by atoms with van der Waals surface area (Å²) in [5, 5.41) is 2.45. The maximum absolute atomic E-state index is 12.8. The molecule has 0 saturated carbocycles. The van der Waals surface area contributed by atoms with Crippen LogP contribution in [0.4, 0.5) is 23.8 Å². The van der Waals surface area contributed by atoms with E-state index in [9.17, 15) is 22.8 Å². The van der Waals surface area contributed by atoms with E-state index in [1.165, 1.54) is 24.4 Å². The Balaban J connectivity index is 2.10. The van der Waals surface area contributed by atoms with Crippen LogP contribution in [-0.4, -0.2) is 22.5 Å². The Kier molecular flexibility index (Phi) is 5.88. The molecule has 0 bridgehead atoms. The Morgan fingerprint density at radius 2 is 1.81 bits per heavy atom. The summed E-state index contributed by atoms with van der Waals surface area (Å²) in [4.78, 5) is 28.0. The summed E-state index contributed by atoms with van der Waals surface area (Å²) in [5.74, 6) is -0.297. The van der Waals surface area contributed by atoms with Crippen LogP contribution in [0.3, 0.4) is 0 Å². The number of alkyl halides is 3. The van der Waals surface area contributed by atoms with Gasteiger partial charge in [0, 0.05) is 18.2 Å².